The molecule has 0 aliphatic carbocycles. The summed E-state index contributed by atoms with van der Waals surface area (Å²) >= 11 is 6.14. The van der Waals surface area contributed by atoms with Gasteiger partial charge in [-0.3, -0.25) is 4.79 Å². The minimum atomic E-state index is 0.00498. The monoisotopic (exact) mass is 266 g/mol. The largest absolute Gasteiger partial charge is 0.316 e. The van der Waals surface area contributed by atoms with E-state index in [0.717, 1.165) is 37.3 Å². The Morgan fingerprint density at radius 1 is 1.44 bits per heavy atom. The summed E-state index contributed by atoms with van der Waals surface area (Å²) in [5.41, 5.74) is 1.94. The fraction of sp³-hybridized carbons (Fsp3) is 0.500. The van der Waals surface area contributed by atoms with E-state index in [1.807, 2.05) is 36.9 Å². The lowest BCUT2D eigenvalue weighted by molar-refractivity contribution is -0.122. The van der Waals surface area contributed by atoms with Crippen LogP contribution < -0.4 is 10.2 Å². The highest BCUT2D eigenvalue weighted by molar-refractivity contribution is 6.31. The molecule has 0 radical (unpaired) electrons. The van der Waals surface area contributed by atoms with E-state index in [1.165, 1.54) is 0 Å². The number of nitrogens with one attached hydrogen (secondary N) is 1. The number of anilines is 1. The predicted octanol–water partition coefficient (Wildman–Crippen LogP) is 2.61. The van der Waals surface area contributed by atoms with Crippen molar-refractivity contribution in [3.8, 4) is 0 Å². The molecule has 18 heavy (non-hydrogen) atoms. The zero-order valence-corrected chi connectivity index (χ0v) is 11.6. The fourth-order valence-electron chi connectivity index (χ4n) is 2.15. The fourth-order valence-corrected chi connectivity index (χ4v) is 2.33. The van der Waals surface area contributed by atoms with E-state index in [9.17, 15) is 4.79 Å². The molecule has 3 nitrogen and oxygen atoms in total. The third-order valence-electron chi connectivity index (χ3n) is 3.34. The number of nitrogens with zero attached hydrogens (tertiary/aromatic N) is 1. The predicted molar refractivity (Wildman–Crippen MR) is 75.2 cm³/mol. The average Bonchev–Trinajstić information content (AvgIpc) is 2.34. The van der Waals surface area contributed by atoms with E-state index in [0.29, 0.717) is 5.02 Å². The molecule has 1 aromatic carbocycles. The molecule has 1 atom stereocenters. The van der Waals surface area contributed by atoms with Gasteiger partial charge in [-0.25, -0.2) is 0 Å². The van der Waals surface area contributed by atoms with Crippen LogP contribution in [0.15, 0.2) is 18.2 Å². The summed E-state index contributed by atoms with van der Waals surface area (Å²) in [6, 6.07) is 5.82. The molecule has 1 N–H and O–H groups in total. The molecular formula is C14H19ClN2O. The van der Waals surface area contributed by atoms with Gasteiger partial charge in [0.1, 0.15) is 0 Å². The number of halogens is 1. The zero-order chi connectivity index (χ0) is 13.1. The van der Waals surface area contributed by atoms with Crippen LogP contribution in [0.2, 0.25) is 5.02 Å². The molecule has 1 aliphatic rings. The highest BCUT2D eigenvalue weighted by Crippen LogP contribution is 2.24. The van der Waals surface area contributed by atoms with Crippen molar-refractivity contribution in [3.05, 3.63) is 28.8 Å². The van der Waals surface area contributed by atoms with Crippen molar-refractivity contribution >= 4 is 23.2 Å². The standard InChI is InChI=1S/C14H19ClN2O/c1-10-4-5-12(8-13(10)15)17-7-3-6-16-9-11(2)14(17)18/h4-5,8,11,16H,3,6-7,9H2,1-2H3. The lowest BCUT2D eigenvalue weighted by Gasteiger charge is -2.29. The second-order valence-electron chi connectivity index (χ2n) is 4.88. The highest BCUT2D eigenvalue weighted by Gasteiger charge is 2.23. The molecular weight excluding hydrogens is 248 g/mol. The van der Waals surface area contributed by atoms with Crippen molar-refractivity contribution in [1.82, 2.24) is 5.32 Å². The minimum absolute atomic E-state index is 0.00498. The Morgan fingerprint density at radius 2 is 2.22 bits per heavy atom. The molecule has 2 rings (SSSR count). The van der Waals surface area contributed by atoms with E-state index >= 15 is 0 Å². The van der Waals surface area contributed by atoms with Crippen LogP contribution in [0.1, 0.15) is 18.9 Å². The first-order valence-corrected chi connectivity index (χ1v) is 6.75. The molecule has 98 valence electrons. The van der Waals surface area contributed by atoms with E-state index in [1.54, 1.807) is 0 Å². The Kier molecular flexibility index (Phi) is 4.25. The summed E-state index contributed by atoms with van der Waals surface area (Å²) in [5.74, 6) is 0.174. The number of hydrogen-bond acceptors (Lipinski definition) is 2. The Labute approximate surface area is 113 Å². The minimum Gasteiger partial charge on any atom is -0.316 e. The lowest BCUT2D eigenvalue weighted by atomic mass is 10.1. The van der Waals surface area contributed by atoms with Gasteiger partial charge in [0, 0.05) is 29.7 Å². The molecule has 1 unspecified atom stereocenters. The van der Waals surface area contributed by atoms with E-state index in [-0.39, 0.29) is 11.8 Å². The number of carbonyl (C=O) groups excluding carboxylic acids is 1. The van der Waals surface area contributed by atoms with Crippen LogP contribution in [-0.4, -0.2) is 25.5 Å². The summed E-state index contributed by atoms with van der Waals surface area (Å²) in [4.78, 5) is 14.2. The third kappa shape index (κ3) is 2.85. The number of amides is 1. The van der Waals surface area contributed by atoms with Gasteiger partial charge >= 0.3 is 0 Å². The number of benzene rings is 1. The van der Waals surface area contributed by atoms with Gasteiger partial charge in [0.05, 0.1) is 0 Å². The van der Waals surface area contributed by atoms with Gasteiger partial charge < -0.3 is 10.2 Å². The summed E-state index contributed by atoms with van der Waals surface area (Å²) in [5, 5.41) is 4.00. The first kappa shape index (κ1) is 13.4. The summed E-state index contributed by atoms with van der Waals surface area (Å²) in [6.07, 6.45) is 0.962. The lowest BCUT2D eigenvalue weighted by Crippen LogP contribution is -2.43. The molecule has 1 fully saturated rings. The average molecular weight is 267 g/mol. The summed E-state index contributed by atoms with van der Waals surface area (Å²) < 4.78 is 0. The molecule has 1 heterocycles. The van der Waals surface area contributed by atoms with Crippen molar-refractivity contribution in [1.29, 1.82) is 0 Å². The van der Waals surface area contributed by atoms with Crippen LogP contribution in [-0.2, 0) is 4.79 Å². The van der Waals surface area contributed by atoms with Crippen LogP contribution in [0.3, 0.4) is 0 Å². The van der Waals surface area contributed by atoms with Crippen molar-refractivity contribution in [3.63, 3.8) is 0 Å². The maximum Gasteiger partial charge on any atom is 0.231 e. The summed E-state index contributed by atoms with van der Waals surface area (Å²) in [7, 11) is 0. The van der Waals surface area contributed by atoms with Crippen LogP contribution in [0.5, 0.6) is 0 Å². The van der Waals surface area contributed by atoms with Crippen LogP contribution in [0.4, 0.5) is 5.69 Å². The van der Waals surface area contributed by atoms with Gasteiger partial charge in [0.25, 0.3) is 0 Å². The van der Waals surface area contributed by atoms with Gasteiger partial charge in [-0.2, -0.15) is 0 Å². The molecule has 4 heteroatoms. The Balaban J connectivity index is 2.27. The van der Waals surface area contributed by atoms with Gasteiger partial charge in [0.2, 0.25) is 5.91 Å². The maximum absolute atomic E-state index is 12.3. The molecule has 1 aliphatic heterocycles. The van der Waals surface area contributed by atoms with Crippen molar-refractivity contribution in [2.45, 2.75) is 20.3 Å². The molecule has 0 spiro atoms. The quantitative estimate of drug-likeness (QED) is 0.848. The molecule has 0 aromatic heterocycles. The summed E-state index contributed by atoms with van der Waals surface area (Å²) in [6.45, 7) is 6.37. The van der Waals surface area contributed by atoms with Crippen molar-refractivity contribution < 1.29 is 4.79 Å². The van der Waals surface area contributed by atoms with Gasteiger partial charge in [-0.1, -0.05) is 24.6 Å². The number of hydrogen-bond donors (Lipinski definition) is 1. The normalized spacial score (nSPS) is 21.6. The molecule has 1 saturated heterocycles. The van der Waals surface area contributed by atoms with Gasteiger partial charge in [-0.05, 0) is 37.6 Å². The first-order chi connectivity index (χ1) is 8.59. The van der Waals surface area contributed by atoms with Gasteiger partial charge in [0.15, 0.2) is 0 Å². The Hall–Kier alpha value is -1.06. The van der Waals surface area contributed by atoms with E-state index in [2.05, 4.69) is 5.32 Å². The molecule has 1 amide bonds. The molecule has 0 saturated carbocycles. The smallest absolute Gasteiger partial charge is 0.231 e. The molecule has 1 aromatic rings. The number of aryl methyl sites for hydroxylation is 1. The maximum atomic E-state index is 12.3. The first-order valence-electron chi connectivity index (χ1n) is 6.38. The van der Waals surface area contributed by atoms with Crippen LogP contribution >= 0.6 is 11.6 Å². The van der Waals surface area contributed by atoms with Gasteiger partial charge in [-0.15, -0.1) is 0 Å². The van der Waals surface area contributed by atoms with Crippen LogP contribution in [0, 0.1) is 12.8 Å². The Bertz CT molecular complexity index is 447. The van der Waals surface area contributed by atoms with Crippen LogP contribution in [0.25, 0.3) is 0 Å². The second-order valence-corrected chi connectivity index (χ2v) is 5.29. The third-order valence-corrected chi connectivity index (χ3v) is 3.75. The SMILES string of the molecule is Cc1ccc(N2CCCNCC(C)C2=O)cc1Cl. The van der Waals surface area contributed by atoms with E-state index < -0.39 is 0 Å². The van der Waals surface area contributed by atoms with E-state index in [4.69, 9.17) is 11.6 Å². The number of carbonyl (C=O) groups is 1. The second kappa shape index (κ2) is 5.72. The zero-order valence-electron chi connectivity index (χ0n) is 10.9. The number of rotatable bonds is 1. The van der Waals surface area contributed by atoms with Crippen molar-refractivity contribution in [2.24, 2.45) is 5.92 Å². The molecule has 0 bridgehead atoms. The Morgan fingerprint density at radius 3 is 2.94 bits per heavy atom. The highest BCUT2D eigenvalue weighted by atomic mass is 35.5. The topological polar surface area (TPSA) is 32.3 Å². The van der Waals surface area contributed by atoms with Crippen molar-refractivity contribution in [2.75, 3.05) is 24.5 Å².